The third-order valence-electron chi connectivity index (χ3n) is 4.45. The predicted octanol–water partition coefficient (Wildman–Crippen LogP) is 4.52. The van der Waals surface area contributed by atoms with Crippen LogP contribution in [-0.4, -0.2) is 19.0 Å². The second-order valence-corrected chi connectivity index (χ2v) is 7.51. The number of allylic oxidation sites excluding steroid dienone is 2. The van der Waals surface area contributed by atoms with E-state index in [-0.39, 0.29) is 12.3 Å². The van der Waals surface area contributed by atoms with E-state index < -0.39 is 11.4 Å². The van der Waals surface area contributed by atoms with Gasteiger partial charge in [-0.1, -0.05) is 57.2 Å². The number of esters is 1. The Balaban J connectivity index is 2.26. The zero-order valence-corrected chi connectivity index (χ0v) is 16.4. The summed E-state index contributed by atoms with van der Waals surface area (Å²) in [4.78, 5) is 16.9. The molecule has 28 heavy (non-hydrogen) atoms. The van der Waals surface area contributed by atoms with Crippen LogP contribution in [0.25, 0.3) is 5.57 Å². The SMILES string of the molecule is COc1cccc2c1CC(=O)OC2=NC(=C(C#N)c1ccccc1)C(C)(C)C. The Morgan fingerprint density at radius 1 is 1.14 bits per heavy atom. The summed E-state index contributed by atoms with van der Waals surface area (Å²) in [6.45, 7) is 5.93. The van der Waals surface area contributed by atoms with Crippen LogP contribution in [0.3, 0.4) is 0 Å². The molecule has 0 N–H and O–H groups in total. The predicted molar refractivity (Wildman–Crippen MR) is 108 cm³/mol. The van der Waals surface area contributed by atoms with Gasteiger partial charge in [-0.25, -0.2) is 4.99 Å². The van der Waals surface area contributed by atoms with E-state index in [1.807, 2.05) is 63.2 Å². The van der Waals surface area contributed by atoms with Crippen LogP contribution in [0.4, 0.5) is 0 Å². The maximum Gasteiger partial charge on any atom is 0.317 e. The summed E-state index contributed by atoms with van der Waals surface area (Å²) in [5.74, 6) is 0.410. The molecule has 0 radical (unpaired) electrons. The maximum atomic E-state index is 12.2. The molecule has 2 aromatic carbocycles. The second kappa shape index (κ2) is 7.69. The number of carbonyl (C=O) groups excluding carboxylic acids is 1. The molecule has 1 heterocycles. The average molecular weight is 374 g/mol. The monoisotopic (exact) mass is 374 g/mol. The smallest absolute Gasteiger partial charge is 0.317 e. The van der Waals surface area contributed by atoms with Gasteiger partial charge in [-0.3, -0.25) is 4.79 Å². The van der Waals surface area contributed by atoms with Crippen LogP contribution in [0.5, 0.6) is 5.75 Å². The Hall–Kier alpha value is -3.39. The fraction of sp³-hybridized carbons (Fsp3) is 0.261. The van der Waals surface area contributed by atoms with E-state index in [0.29, 0.717) is 22.6 Å². The minimum Gasteiger partial charge on any atom is -0.496 e. The van der Waals surface area contributed by atoms with Gasteiger partial charge in [0.1, 0.15) is 11.8 Å². The molecule has 0 aromatic heterocycles. The number of methoxy groups -OCH3 is 1. The van der Waals surface area contributed by atoms with Crippen molar-refractivity contribution >= 4 is 17.4 Å². The summed E-state index contributed by atoms with van der Waals surface area (Å²) in [6.07, 6.45) is 0.122. The molecule has 5 heteroatoms. The summed E-state index contributed by atoms with van der Waals surface area (Å²) in [7, 11) is 1.57. The highest BCUT2D eigenvalue weighted by Gasteiger charge is 2.29. The van der Waals surface area contributed by atoms with Crippen LogP contribution in [0.15, 0.2) is 59.2 Å². The van der Waals surface area contributed by atoms with Crippen molar-refractivity contribution in [3.63, 3.8) is 0 Å². The number of carbonyl (C=O) groups is 1. The molecule has 0 bridgehead atoms. The Morgan fingerprint density at radius 3 is 2.46 bits per heavy atom. The summed E-state index contributed by atoms with van der Waals surface area (Å²) >= 11 is 0. The summed E-state index contributed by atoms with van der Waals surface area (Å²) in [6, 6.07) is 17.1. The first-order chi connectivity index (χ1) is 13.3. The zero-order chi connectivity index (χ0) is 20.3. The number of cyclic esters (lactones) is 1. The molecule has 1 aliphatic heterocycles. The molecule has 1 aliphatic rings. The third-order valence-corrected chi connectivity index (χ3v) is 4.45. The van der Waals surface area contributed by atoms with Gasteiger partial charge in [0.25, 0.3) is 0 Å². The topological polar surface area (TPSA) is 71.7 Å². The van der Waals surface area contributed by atoms with E-state index >= 15 is 0 Å². The van der Waals surface area contributed by atoms with E-state index in [1.165, 1.54) is 0 Å². The van der Waals surface area contributed by atoms with Gasteiger partial charge in [-0.15, -0.1) is 0 Å². The average Bonchev–Trinajstić information content (AvgIpc) is 2.67. The molecule has 0 saturated heterocycles. The van der Waals surface area contributed by atoms with Gasteiger partial charge in [0.05, 0.1) is 24.8 Å². The van der Waals surface area contributed by atoms with Crippen LogP contribution in [0.1, 0.15) is 37.5 Å². The van der Waals surface area contributed by atoms with Gasteiger partial charge in [-0.2, -0.15) is 5.26 Å². The van der Waals surface area contributed by atoms with Gasteiger partial charge in [0.2, 0.25) is 5.90 Å². The van der Waals surface area contributed by atoms with Crippen molar-refractivity contribution in [3.05, 3.63) is 70.9 Å². The normalized spacial score (nSPS) is 16.0. The van der Waals surface area contributed by atoms with Gasteiger partial charge in [0, 0.05) is 16.5 Å². The van der Waals surface area contributed by atoms with Crippen LogP contribution in [0, 0.1) is 16.7 Å². The highest BCUT2D eigenvalue weighted by Crippen LogP contribution is 2.35. The van der Waals surface area contributed by atoms with Gasteiger partial charge in [0.15, 0.2) is 0 Å². The van der Waals surface area contributed by atoms with E-state index in [9.17, 15) is 10.1 Å². The maximum absolute atomic E-state index is 12.2. The minimum absolute atomic E-state index is 0.122. The molecule has 0 atom stereocenters. The lowest BCUT2D eigenvalue weighted by atomic mass is 9.87. The van der Waals surface area contributed by atoms with Crippen LogP contribution < -0.4 is 4.74 Å². The first kappa shape index (κ1) is 19.4. The van der Waals surface area contributed by atoms with Gasteiger partial charge < -0.3 is 9.47 Å². The zero-order valence-electron chi connectivity index (χ0n) is 16.4. The fourth-order valence-electron chi connectivity index (χ4n) is 3.13. The summed E-state index contributed by atoms with van der Waals surface area (Å²) in [5.41, 5.74) is 2.77. The number of aliphatic imine (C=N–C) groups is 1. The summed E-state index contributed by atoms with van der Waals surface area (Å²) < 4.78 is 10.9. The largest absolute Gasteiger partial charge is 0.496 e. The Labute approximate surface area is 164 Å². The number of rotatable bonds is 3. The molecule has 2 aromatic rings. The number of ether oxygens (including phenoxy) is 2. The highest BCUT2D eigenvalue weighted by molar-refractivity contribution is 6.07. The fourth-order valence-corrected chi connectivity index (χ4v) is 3.13. The first-order valence-corrected chi connectivity index (χ1v) is 9.01. The van der Waals surface area contributed by atoms with Crippen LogP contribution >= 0.6 is 0 Å². The minimum atomic E-state index is -0.448. The number of benzene rings is 2. The van der Waals surface area contributed by atoms with Crippen molar-refractivity contribution in [3.8, 4) is 11.8 Å². The second-order valence-electron chi connectivity index (χ2n) is 7.51. The van der Waals surface area contributed by atoms with Gasteiger partial charge >= 0.3 is 5.97 Å². The number of nitrogens with zero attached hydrogens (tertiary/aromatic N) is 2. The quantitative estimate of drug-likeness (QED) is 0.585. The Morgan fingerprint density at radius 2 is 1.86 bits per heavy atom. The number of nitriles is 1. The van der Waals surface area contributed by atoms with E-state index in [1.54, 1.807) is 13.2 Å². The number of hydrogen-bond donors (Lipinski definition) is 0. The molecule has 0 aliphatic carbocycles. The Kier molecular flexibility index (Phi) is 5.32. The van der Waals surface area contributed by atoms with E-state index in [2.05, 4.69) is 6.07 Å². The van der Waals surface area contributed by atoms with Crippen molar-refractivity contribution in [2.24, 2.45) is 10.4 Å². The van der Waals surface area contributed by atoms with Crippen molar-refractivity contribution in [1.82, 2.24) is 0 Å². The molecule has 0 spiro atoms. The van der Waals surface area contributed by atoms with Gasteiger partial charge in [-0.05, 0) is 17.7 Å². The van der Waals surface area contributed by atoms with Crippen LogP contribution in [-0.2, 0) is 16.0 Å². The molecule has 142 valence electrons. The van der Waals surface area contributed by atoms with Crippen LogP contribution in [0.2, 0.25) is 0 Å². The lowest BCUT2D eigenvalue weighted by molar-refractivity contribution is -0.135. The lowest BCUT2D eigenvalue weighted by Gasteiger charge is -2.24. The molecular formula is C23H22N2O3. The van der Waals surface area contributed by atoms with E-state index in [4.69, 9.17) is 14.5 Å². The van der Waals surface area contributed by atoms with Crippen molar-refractivity contribution in [2.45, 2.75) is 27.2 Å². The molecule has 3 rings (SSSR count). The molecule has 0 unspecified atom stereocenters. The third kappa shape index (κ3) is 3.81. The molecular weight excluding hydrogens is 352 g/mol. The number of hydrogen-bond acceptors (Lipinski definition) is 5. The standard InChI is InChI=1S/C23H22N2O3/c1-23(2,3)21(18(14-24)15-9-6-5-7-10-15)25-22-16-11-8-12-19(27-4)17(16)13-20(26)28-22/h5-12H,13H2,1-4H3. The van der Waals surface area contributed by atoms with Crippen molar-refractivity contribution < 1.29 is 14.3 Å². The van der Waals surface area contributed by atoms with Crippen molar-refractivity contribution in [2.75, 3.05) is 7.11 Å². The first-order valence-electron chi connectivity index (χ1n) is 9.01. The molecule has 0 fully saturated rings. The summed E-state index contributed by atoms with van der Waals surface area (Å²) in [5, 5.41) is 9.87. The Bertz CT molecular complexity index is 1010. The lowest BCUT2D eigenvalue weighted by Crippen LogP contribution is -2.25. The molecule has 5 nitrogen and oxygen atoms in total. The number of fused-ring (bicyclic) bond motifs is 1. The van der Waals surface area contributed by atoms with E-state index in [0.717, 1.165) is 11.1 Å². The highest BCUT2D eigenvalue weighted by atomic mass is 16.5. The molecule has 0 amide bonds. The molecule has 0 saturated carbocycles. The van der Waals surface area contributed by atoms with Crippen molar-refractivity contribution in [1.29, 1.82) is 5.26 Å².